The van der Waals surface area contributed by atoms with Crippen LogP contribution in [0.1, 0.15) is 25.0 Å². The quantitative estimate of drug-likeness (QED) is 0.851. The third kappa shape index (κ3) is 2.72. The van der Waals surface area contributed by atoms with Crippen molar-refractivity contribution >= 4 is 23.1 Å². The summed E-state index contributed by atoms with van der Waals surface area (Å²) in [5.74, 6) is 0. The van der Waals surface area contributed by atoms with E-state index in [0.29, 0.717) is 5.25 Å². The fraction of sp³-hybridized carbons (Fsp3) is 0.700. The number of aliphatic hydroxyl groups is 1. The maximum absolute atomic E-state index is 9.17. The number of thiazole rings is 1. The molecule has 1 saturated carbocycles. The first-order chi connectivity index (χ1) is 7.11. The molecule has 1 aromatic rings. The van der Waals surface area contributed by atoms with Gasteiger partial charge in [0.2, 0.25) is 0 Å². The number of aryl methyl sites for hydroxylation is 1. The Morgan fingerprint density at radius 1 is 1.80 bits per heavy atom. The highest BCUT2D eigenvalue weighted by atomic mass is 32.2. The molecule has 1 aromatic heterocycles. The SMILES string of the molecule is Cc1csc(SC2CCC(N)(CO)C2)n1. The summed E-state index contributed by atoms with van der Waals surface area (Å²) in [5, 5.41) is 11.8. The van der Waals surface area contributed by atoms with Crippen molar-refractivity contribution in [1.82, 2.24) is 4.98 Å². The monoisotopic (exact) mass is 244 g/mol. The van der Waals surface area contributed by atoms with Gasteiger partial charge in [-0.05, 0) is 26.2 Å². The predicted octanol–water partition coefficient (Wildman–Crippen LogP) is 1.79. The molecule has 0 saturated heterocycles. The molecule has 2 rings (SSSR count). The zero-order chi connectivity index (χ0) is 10.9. The van der Waals surface area contributed by atoms with Crippen LogP contribution in [-0.4, -0.2) is 27.5 Å². The Balaban J connectivity index is 1.92. The second-order valence-corrected chi connectivity index (χ2v) is 6.66. The summed E-state index contributed by atoms with van der Waals surface area (Å²) in [7, 11) is 0. The van der Waals surface area contributed by atoms with Crippen LogP contribution in [0.5, 0.6) is 0 Å². The summed E-state index contributed by atoms with van der Waals surface area (Å²) in [4.78, 5) is 4.43. The van der Waals surface area contributed by atoms with E-state index in [4.69, 9.17) is 10.8 Å². The second-order valence-electron chi connectivity index (χ2n) is 4.26. The molecule has 1 aliphatic carbocycles. The summed E-state index contributed by atoms with van der Waals surface area (Å²) >= 11 is 3.50. The average molecular weight is 244 g/mol. The van der Waals surface area contributed by atoms with E-state index in [0.717, 1.165) is 29.3 Å². The third-order valence-electron chi connectivity index (χ3n) is 2.78. The second kappa shape index (κ2) is 4.41. The largest absolute Gasteiger partial charge is 0.394 e. The van der Waals surface area contributed by atoms with E-state index >= 15 is 0 Å². The van der Waals surface area contributed by atoms with Crippen LogP contribution in [-0.2, 0) is 0 Å². The van der Waals surface area contributed by atoms with Crippen LogP contribution in [0.2, 0.25) is 0 Å². The van der Waals surface area contributed by atoms with E-state index in [-0.39, 0.29) is 12.1 Å². The molecule has 2 atom stereocenters. The van der Waals surface area contributed by atoms with Crippen molar-refractivity contribution in [3.63, 3.8) is 0 Å². The van der Waals surface area contributed by atoms with Gasteiger partial charge in [0.1, 0.15) is 4.34 Å². The van der Waals surface area contributed by atoms with Crippen molar-refractivity contribution < 1.29 is 5.11 Å². The third-order valence-corrected chi connectivity index (χ3v) is 5.14. The van der Waals surface area contributed by atoms with E-state index in [1.54, 1.807) is 23.1 Å². The van der Waals surface area contributed by atoms with E-state index in [1.165, 1.54) is 0 Å². The van der Waals surface area contributed by atoms with Gasteiger partial charge in [-0.2, -0.15) is 0 Å². The number of hydrogen-bond acceptors (Lipinski definition) is 5. The lowest BCUT2D eigenvalue weighted by Gasteiger charge is -2.20. The number of nitrogens with zero attached hydrogens (tertiary/aromatic N) is 1. The van der Waals surface area contributed by atoms with E-state index in [1.807, 2.05) is 6.92 Å². The summed E-state index contributed by atoms with van der Waals surface area (Å²) < 4.78 is 1.12. The van der Waals surface area contributed by atoms with Crippen LogP contribution in [0.25, 0.3) is 0 Å². The summed E-state index contributed by atoms with van der Waals surface area (Å²) in [6.07, 6.45) is 2.90. The van der Waals surface area contributed by atoms with E-state index in [9.17, 15) is 0 Å². The van der Waals surface area contributed by atoms with Gasteiger partial charge in [0, 0.05) is 21.9 Å². The van der Waals surface area contributed by atoms with Crippen molar-refractivity contribution in [2.75, 3.05) is 6.61 Å². The van der Waals surface area contributed by atoms with Crippen molar-refractivity contribution in [3.05, 3.63) is 11.1 Å². The molecule has 0 bridgehead atoms. The normalized spacial score (nSPS) is 31.0. The van der Waals surface area contributed by atoms with Crippen LogP contribution in [0.4, 0.5) is 0 Å². The van der Waals surface area contributed by atoms with Gasteiger partial charge in [0.05, 0.1) is 6.61 Å². The molecule has 3 nitrogen and oxygen atoms in total. The molecule has 1 heterocycles. The van der Waals surface area contributed by atoms with Crippen LogP contribution in [0.3, 0.4) is 0 Å². The number of nitrogens with two attached hydrogens (primary N) is 1. The van der Waals surface area contributed by atoms with E-state index in [2.05, 4.69) is 10.4 Å². The van der Waals surface area contributed by atoms with Crippen LogP contribution >= 0.6 is 23.1 Å². The average Bonchev–Trinajstić information content (AvgIpc) is 2.76. The number of aromatic nitrogens is 1. The Morgan fingerprint density at radius 2 is 2.60 bits per heavy atom. The van der Waals surface area contributed by atoms with Crippen molar-refractivity contribution in [1.29, 1.82) is 0 Å². The van der Waals surface area contributed by atoms with Gasteiger partial charge in [0.25, 0.3) is 0 Å². The van der Waals surface area contributed by atoms with E-state index < -0.39 is 0 Å². The fourth-order valence-electron chi connectivity index (χ4n) is 1.88. The fourth-order valence-corrected chi connectivity index (χ4v) is 4.31. The number of aliphatic hydroxyl groups excluding tert-OH is 1. The Kier molecular flexibility index (Phi) is 3.35. The minimum absolute atomic E-state index is 0.0982. The first kappa shape index (κ1) is 11.4. The molecule has 0 radical (unpaired) electrons. The topological polar surface area (TPSA) is 59.1 Å². The lowest BCUT2D eigenvalue weighted by atomic mass is 10.0. The lowest BCUT2D eigenvalue weighted by Crippen LogP contribution is -2.40. The van der Waals surface area contributed by atoms with Crippen molar-refractivity contribution in [2.24, 2.45) is 5.73 Å². The number of thioether (sulfide) groups is 1. The van der Waals surface area contributed by atoms with Gasteiger partial charge in [0.15, 0.2) is 0 Å². The highest BCUT2D eigenvalue weighted by Crippen LogP contribution is 2.39. The molecule has 15 heavy (non-hydrogen) atoms. The zero-order valence-electron chi connectivity index (χ0n) is 8.77. The zero-order valence-corrected chi connectivity index (χ0v) is 10.4. The molecule has 1 aliphatic rings. The first-order valence-corrected chi connectivity index (χ1v) is 6.86. The van der Waals surface area contributed by atoms with Gasteiger partial charge in [-0.1, -0.05) is 11.8 Å². The highest BCUT2D eigenvalue weighted by molar-refractivity contribution is 8.01. The molecule has 0 amide bonds. The molecule has 0 spiro atoms. The van der Waals surface area contributed by atoms with Gasteiger partial charge >= 0.3 is 0 Å². The predicted molar refractivity (Wildman–Crippen MR) is 64.4 cm³/mol. The lowest BCUT2D eigenvalue weighted by molar-refractivity contribution is 0.200. The maximum Gasteiger partial charge on any atom is 0.150 e. The first-order valence-electron chi connectivity index (χ1n) is 5.10. The summed E-state index contributed by atoms with van der Waals surface area (Å²) in [6.45, 7) is 2.11. The maximum atomic E-state index is 9.17. The molecule has 84 valence electrons. The Hall–Kier alpha value is -0.100. The molecule has 1 fully saturated rings. The smallest absolute Gasteiger partial charge is 0.150 e. The molecule has 3 N–H and O–H groups in total. The number of rotatable bonds is 3. The van der Waals surface area contributed by atoms with Gasteiger partial charge in [-0.15, -0.1) is 11.3 Å². The minimum atomic E-state index is -0.343. The van der Waals surface area contributed by atoms with Gasteiger partial charge in [-0.25, -0.2) is 4.98 Å². The van der Waals surface area contributed by atoms with Gasteiger partial charge in [-0.3, -0.25) is 0 Å². The summed E-state index contributed by atoms with van der Waals surface area (Å²) in [5.41, 5.74) is 6.77. The molecular formula is C10H16N2OS2. The van der Waals surface area contributed by atoms with Crippen molar-refractivity contribution in [2.45, 2.75) is 41.3 Å². The number of hydrogen-bond donors (Lipinski definition) is 2. The summed E-state index contributed by atoms with van der Waals surface area (Å²) in [6, 6.07) is 0. The Morgan fingerprint density at radius 3 is 3.13 bits per heavy atom. The van der Waals surface area contributed by atoms with Gasteiger partial charge < -0.3 is 10.8 Å². The highest BCUT2D eigenvalue weighted by Gasteiger charge is 2.35. The standard InChI is InChI=1S/C10H16N2OS2/c1-7-5-14-9(12-7)15-8-2-3-10(11,4-8)6-13/h5,8,13H,2-4,6,11H2,1H3. The molecule has 2 unspecified atom stereocenters. The van der Waals surface area contributed by atoms with Crippen molar-refractivity contribution in [3.8, 4) is 0 Å². The van der Waals surface area contributed by atoms with Crippen LogP contribution in [0.15, 0.2) is 9.72 Å². The van der Waals surface area contributed by atoms with Crippen LogP contribution in [0, 0.1) is 6.92 Å². The molecule has 0 aromatic carbocycles. The Bertz CT molecular complexity index is 342. The minimum Gasteiger partial charge on any atom is -0.394 e. The molecule has 0 aliphatic heterocycles. The molecule has 5 heteroatoms. The van der Waals surface area contributed by atoms with Crippen LogP contribution < -0.4 is 5.73 Å². The molecular weight excluding hydrogens is 228 g/mol. The Labute approximate surface area is 98.1 Å².